The molecule has 0 spiro atoms. The Kier molecular flexibility index (Phi) is 8.48. The van der Waals surface area contributed by atoms with Crippen LogP contribution in [0.4, 0.5) is 0 Å². The van der Waals surface area contributed by atoms with E-state index in [0.717, 1.165) is 34.9 Å². The van der Waals surface area contributed by atoms with Gasteiger partial charge in [0.15, 0.2) is 5.96 Å². The number of methoxy groups -OCH3 is 1. The van der Waals surface area contributed by atoms with E-state index in [0.29, 0.717) is 26.3 Å². The van der Waals surface area contributed by atoms with Crippen molar-refractivity contribution in [3.05, 3.63) is 77.6 Å². The molecule has 0 atom stereocenters. The van der Waals surface area contributed by atoms with Gasteiger partial charge in [0.2, 0.25) is 0 Å². The Labute approximate surface area is 184 Å². The maximum absolute atomic E-state index is 5.97. The number of guanidine groups is 1. The Balaban J connectivity index is 1.53. The lowest BCUT2D eigenvalue weighted by Gasteiger charge is -2.15. The highest BCUT2D eigenvalue weighted by Gasteiger charge is 2.07. The molecule has 1 heterocycles. The minimum atomic E-state index is 0.614. The van der Waals surface area contributed by atoms with E-state index in [4.69, 9.17) is 9.47 Å². The van der Waals surface area contributed by atoms with Crippen molar-refractivity contribution in [1.29, 1.82) is 0 Å². The fraction of sp³-hybridized carbons (Fsp3) is 0.333. The number of hydrogen-bond donors (Lipinski definition) is 2. The summed E-state index contributed by atoms with van der Waals surface area (Å²) in [7, 11) is 3.47. The molecule has 1 aromatic heterocycles. The molecule has 3 rings (SSSR count). The Morgan fingerprint density at radius 1 is 1.06 bits per heavy atom. The fourth-order valence-corrected chi connectivity index (χ4v) is 3.09. The van der Waals surface area contributed by atoms with Gasteiger partial charge in [0.25, 0.3) is 0 Å². The highest BCUT2D eigenvalue weighted by atomic mass is 16.5. The minimum Gasteiger partial charge on any atom is -0.493 e. The Morgan fingerprint density at radius 2 is 1.87 bits per heavy atom. The third-order valence-corrected chi connectivity index (χ3v) is 4.76. The first-order valence-electron chi connectivity index (χ1n) is 10.4. The molecule has 0 saturated heterocycles. The molecule has 0 fully saturated rings. The molecular formula is C24H31N5O2. The van der Waals surface area contributed by atoms with E-state index in [1.807, 2.05) is 47.4 Å². The summed E-state index contributed by atoms with van der Waals surface area (Å²) < 4.78 is 12.9. The maximum Gasteiger partial charge on any atom is 0.191 e. The zero-order valence-electron chi connectivity index (χ0n) is 18.5. The van der Waals surface area contributed by atoms with Crippen molar-refractivity contribution in [2.75, 3.05) is 27.4 Å². The van der Waals surface area contributed by atoms with Crippen LogP contribution in [0.3, 0.4) is 0 Å². The number of aromatic nitrogens is 2. The van der Waals surface area contributed by atoms with Crippen LogP contribution < -0.4 is 15.4 Å². The van der Waals surface area contributed by atoms with Gasteiger partial charge >= 0.3 is 0 Å². The molecule has 7 heteroatoms. The van der Waals surface area contributed by atoms with Crippen LogP contribution in [0.5, 0.6) is 5.75 Å². The van der Waals surface area contributed by atoms with E-state index in [1.54, 1.807) is 14.2 Å². The first kappa shape index (κ1) is 22.4. The van der Waals surface area contributed by atoms with Gasteiger partial charge in [0, 0.05) is 57.6 Å². The van der Waals surface area contributed by atoms with Crippen molar-refractivity contribution in [3.63, 3.8) is 0 Å². The first-order chi connectivity index (χ1) is 15.2. The lowest BCUT2D eigenvalue weighted by molar-refractivity contribution is 0.171. The van der Waals surface area contributed by atoms with Crippen LogP contribution in [0, 0.1) is 6.92 Å². The predicted octanol–water partition coefficient (Wildman–Crippen LogP) is 3.46. The normalized spacial score (nSPS) is 11.4. The van der Waals surface area contributed by atoms with Crippen LogP contribution in [-0.2, 0) is 17.8 Å². The van der Waals surface area contributed by atoms with E-state index in [1.165, 1.54) is 5.56 Å². The Hall–Kier alpha value is -3.32. The average molecular weight is 422 g/mol. The summed E-state index contributed by atoms with van der Waals surface area (Å²) in [6.45, 7) is 4.62. The molecule has 0 amide bonds. The van der Waals surface area contributed by atoms with E-state index >= 15 is 0 Å². The van der Waals surface area contributed by atoms with Gasteiger partial charge in [-0.05, 0) is 30.7 Å². The summed E-state index contributed by atoms with van der Waals surface area (Å²) in [5.41, 5.74) is 4.37. The van der Waals surface area contributed by atoms with E-state index in [9.17, 15) is 0 Å². The molecule has 0 unspecified atom stereocenters. The van der Waals surface area contributed by atoms with Crippen molar-refractivity contribution < 1.29 is 9.47 Å². The SMILES string of the molecule is CN=C(NCc1cnn(-c2ccccc2)c1)NCc1ccc(C)cc1OCCCOC. The minimum absolute atomic E-state index is 0.614. The number of aliphatic imine (C=N–C) groups is 1. The molecule has 3 aromatic rings. The second-order valence-corrected chi connectivity index (χ2v) is 7.21. The predicted molar refractivity (Wildman–Crippen MR) is 124 cm³/mol. The zero-order valence-corrected chi connectivity index (χ0v) is 18.5. The second-order valence-electron chi connectivity index (χ2n) is 7.21. The lowest BCUT2D eigenvalue weighted by Crippen LogP contribution is -2.36. The fourth-order valence-electron chi connectivity index (χ4n) is 3.09. The summed E-state index contributed by atoms with van der Waals surface area (Å²) in [4.78, 5) is 4.33. The van der Waals surface area contributed by atoms with Crippen molar-refractivity contribution >= 4 is 5.96 Å². The molecule has 164 valence electrons. The number of nitrogens with one attached hydrogen (secondary N) is 2. The van der Waals surface area contributed by atoms with Gasteiger partial charge in [0.05, 0.1) is 18.5 Å². The average Bonchev–Trinajstić information content (AvgIpc) is 3.27. The second kappa shape index (κ2) is 11.8. The number of ether oxygens (including phenoxy) is 2. The number of nitrogens with zero attached hydrogens (tertiary/aromatic N) is 3. The van der Waals surface area contributed by atoms with Crippen LogP contribution in [0.15, 0.2) is 65.9 Å². The number of aryl methyl sites for hydroxylation is 1. The van der Waals surface area contributed by atoms with Gasteiger partial charge in [-0.15, -0.1) is 0 Å². The van der Waals surface area contributed by atoms with Crippen molar-refractivity contribution in [2.24, 2.45) is 4.99 Å². The van der Waals surface area contributed by atoms with Crippen LogP contribution in [-0.4, -0.2) is 43.1 Å². The first-order valence-corrected chi connectivity index (χ1v) is 10.4. The monoisotopic (exact) mass is 421 g/mol. The molecular weight excluding hydrogens is 390 g/mol. The molecule has 0 aliphatic rings. The highest BCUT2D eigenvalue weighted by Crippen LogP contribution is 2.20. The van der Waals surface area contributed by atoms with Crippen LogP contribution >= 0.6 is 0 Å². The van der Waals surface area contributed by atoms with Crippen LogP contribution in [0.2, 0.25) is 0 Å². The molecule has 0 bridgehead atoms. The number of benzene rings is 2. The van der Waals surface area contributed by atoms with Gasteiger partial charge in [-0.2, -0.15) is 5.10 Å². The van der Waals surface area contributed by atoms with Gasteiger partial charge in [-0.1, -0.05) is 30.3 Å². The van der Waals surface area contributed by atoms with E-state index in [2.05, 4.69) is 45.8 Å². The van der Waals surface area contributed by atoms with Gasteiger partial charge in [0.1, 0.15) is 5.75 Å². The summed E-state index contributed by atoms with van der Waals surface area (Å²) in [6, 6.07) is 16.3. The third-order valence-electron chi connectivity index (χ3n) is 4.76. The number of rotatable bonds is 10. The smallest absolute Gasteiger partial charge is 0.191 e. The number of hydrogen-bond acceptors (Lipinski definition) is 4. The summed E-state index contributed by atoms with van der Waals surface area (Å²) >= 11 is 0. The van der Waals surface area contributed by atoms with E-state index in [-0.39, 0.29) is 0 Å². The molecule has 7 nitrogen and oxygen atoms in total. The van der Waals surface area contributed by atoms with Crippen LogP contribution in [0.1, 0.15) is 23.1 Å². The molecule has 2 aromatic carbocycles. The Morgan fingerprint density at radius 3 is 2.65 bits per heavy atom. The maximum atomic E-state index is 5.97. The quantitative estimate of drug-likeness (QED) is 0.298. The van der Waals surface area contributed by atoms with Gasteiger partial charge in [-0.3, -0.25) is 4.99 Å². The molecule has 31 heavy (non-hydrogen) atoms. The topological polar surface area (TPSA) is 72.7 Å². The van der Waals surface area contributed by atoms with Crippen molar-refractivity contribution in [3.8, 4) is 11.4 Å². The molecule has 0 saturated carbocycles. The highest BCUT2D eigenvalue weighted by molar-refractivity contribution is 5.79. The van der Waals surface area contributed by atoms with Crippen molar-refractivity contribution in [2.45, 2.75) is 26.4 Å². The zero-order chi connectivity index (χ0) is 21.9. The largest absolute Gasteiger partial charge is 0.493 e. The van der Waals surface area contributed by atoms with Crippen molar-refractivity contribution in [1.82, 2.24) is 20.4 Å². The van der Waals surface area contributed by atoms with Gasteiger partial charge in [-0.25, -0.2) is 4.68 Å². The van der Waals surface area contributed by atoms with Crippen LogP contribution in [0.25, 0.3) is 5.69 Å². The molecule has 0 aliphatic heterocycles. The van der Waals surface area contributed by atoms with E-state index < -0.39 is 0 Å². The Bertz CT molecular complexity index is 969. The molecule has 2 N–H and O–H groups in total. The molecule has 0 aliphatic carbocycles. The summed E-state index contributed by atoms with van der Waals surface area (Å²) in [6.07, 6.45) is 4.73. The summed E-state index contributed by atoms with van der Waals surface area (Å²) in [5, 5.41) is 11.1. The lowest BCUT2D eigenvalue weighted by atomic mass is 10.1. The standard InChI is InChI=1S/C24H31N5O2/c1-19-10-11-21(23(14-19)31-13-7-12-30-3)17-27-24(25-2)26-15-20-16-28-29(18-20)22-8-5-4-6-9-22/h4-6,8-11,14,16,18H,7,12-13,15,17H2,1-3H3,(H2,25,26,27). The molecule has 0 radical (unpaired) electrons. The third kappa shape index (κ3) is 6.86. The number of para-hydroxylation sites is 1. The summed E-state index contributed by atoms with van der Waals surface area (Å²) in [5.74, 6) is 1.61. The van der Waals surface area contributed by atoms with Gasteiger partial charge < -0.3 is 20.1 Å².